The number of carboxylic acids is 1. The minimum Gasteiger partial charge on any atom is -0.481 e. The number of carbonyl (C=O) groups is 4. The summed E-state index contributed by atoms with van der Waals surface area (Å²) in [7, 11) is 2.02. The van der Waals surface area contributed by atoms with E-state index in [1.807, 2.05) is 7.05 Å². The summed E-state index contributed by atoms with van der Waals surface area (Å²) >= 11 is 7.45. The molecule has 218 valence electrons. The molecule has 1 aromatic carbocycles. The van der Waals surface area contributed by atoms with Crippen LogP contribution in [-0.4, -0.2) is 87.3 Å². The maximum atomic E-state index is 13.4. The molecular formula is C28H33ClN6O5S. The highest BCUT2D eigenvalue weighted by Gasteiger charge is 2.40. The third-order valence-corrected chi connectivity index (χ3v) is 8.97. The van der Waals surface area contributed by atoms with E-state index in [2.05, 4.69) is 25.5 Å². The van der Waals surface area contributed by atoms with Crippen LogP contribution in [0.15, 0.2) is 24.3 Å². The number of thiazole rings is 1. The van der Waals surface area contributed by atoms with Crippen molar-refractivity contribution in [3.8, 4) is 0 Å². The smallest absolute Gasteiger partial charge is 0.304 e. The molecule has 2 aliphatic heterocycles. The second kappa shape index (κ2) is 11.4. The van der Waals surface area contributed by atoms with Gasteiger partial charge in [0.15, 0.2) is 5.01 Å². The van der Waals surface area contributed by atoms with Crippen molar-refractivity contribution >= 4 is 57.5 Å². The fourth-order valence-electron chi connectivity index (χ4n) is 5.46. The van der Waals surface area contributed by atoms with Crippen LogP contribution in [0.2, 0.25) is 5.02 Å². The van der Waals surface area contributed by atoms with Crippen molar-refractivity contribution in [3.63, 3.8) is 0 Å². The van der Waals surface area contributed by atoms with Crippen molar-refractivity contribution in [2.75, 3.05) is 26.7 Å². The number of hydrogen-bond donors (Lipinski definition) is 4. The van der Waals surface area contributed by atoms with Gasteiger partial charge in [-0.1, -0.05) is 25.4 Å². The number of likely N-dealkylation sites (tertiary alicyclic amines) is 1. The van der Waals surface area contributed by atoms with Gasteiger partial charge in [0.1, 0.15) is 5.69 Å². The Labute approximate surface area is 246 Å². The molecule has 1 fully saturated rings. The summed E-state index contributed by atoms with van der Waals surface area (Å²) < 4.78 is 0. The van der Waals surface area contributed by atoms with Gasteiger partial charge in [-0.25, -0.2) is 4.98 Å². The highest BCUT2D eigenvalue weighted by molar-refractivity contribution is 7.13. The number of hydrogen-bond acceptors (Lipinski definition) is 7. The summed E-state index contributed by atoms with van der Waals surface area (Å²) in [5, 5.41) is 17.1. The van der Waals surface area contributed by atoms with Crippen LogP contribution in [0.3, 0.4) is 0 Å². The van der Waals surface area contributed by atoms with Gasteiger partial charge < -0.3 is 30.5 Å². The summed E-state index contributed by atoms with van der Waals surface area (Å²) in [6.07, 6.45) is 0.828. The molecule has 0 radical (unpaired) electrons. The van der Waals surface area contributed by atoms with Crippen molar-refractivity contribution in [2.45, 2.75) is 51.7 Å². The molecular weight excluding hydrogens is 568 g/mol. The van der Waals surface area contributed by atoms with Crippen LogP contribution >= 0.6 is 22.9 Å². The molecule has 0 unspecified atom stereocenters. The number of halogens is 1. The highest BCUT2D eigenvalue weighted by atomic mass is 35.5. The van der Waals surface area contributed by atoms with Crippen LogP contribution in [0.25, 0.3) is 10.9 Å². The normalized spacial score (nSPS) is 19.6. The Morgan fingerprint density at radius 1 is 1.15 bits per heavy atom. The van der Waals surface area contributed by atoms with E-state index in [0.29, 0.717) is 28.7 Å². The molecule has 2 atom stereocenters. The summed E-state index contributed by atoms with van der Waals surface area (Å²) in [4.78, 5) is 63.9. The number of aromatic amines is 1. The van der Waals surface area contributed by atoms with Crippen LogP contribution in [0.5, 0.6) is 0 Å². The molecule has 1 saturated heterocycles. The third-order valence-electron chi connectivity index (χ3n) is 7.65. The van der Waals surface area contributed by atoms with Crippen LogP contribution in [0, 0.1) is 5.41 Å². The molecule has 5 rings (SSSR count). The largest absolute Gasteiger partial charge is 0.481 e. The molecule has 11 nitrogen and oxygen atoms in total. The Kier molecular flexibility index (Phi) is 8.09. The minimum absolute atomic E-state index is 0.120. The lowest BCUT2D eigenvalue weighted by Crippen LogP contribution is -2.62. The number of amides is 3. The molecule has 0 spiro atoms. The topological polar surface area (TPSA) is 148 Å². The number of carboxylic acid groups (broad SMARTS) is 1. The Hall–Kier alpha value is -3.48. The molecule has 0 saturated carbocycles. The summed E-state index contributed by atoms with van der Waals surface area (Å²) in [5.41, 5.74) is 0.926. The monoisotopic (exact) mass is 600 g/mol. The van der Waals surface area contributed by atoms with Crippen LogP contribution in [-0.2, 0) is 22.6 Å². The zero-order chi connectivity index (χ0) is 29.5. The van der Waals surface area contributed by atoms with Gasteiger partial charge in [-0.05, 0) is 37.7 Å². The molecule has 2 aromatic heterocycles. The maximum absolute atomic E-state index is 13.4. The van der Waals surface area contributed by atoms with Gasteiger partial charge in [0.2, 0.25) is 5.91 Å². The first-order chi connectivity index (χ1) is 19.4. The van der Waals surface area contributed by atoms with Gasteiger partial charge >= 0.3 is 5.97 Å². The number of carbonyl (C=O) groups excluding carboxylic acids is 3. The lowest BCUT2D eigenvalue weighted by molar-refractivity contribution is -0.150. The lowest BCUT2D eigenvalue weighted by Gasteiger charge is -2.41. The Morgan fingerprint density at radius 2 is 1.90 bits per heavy atom. The molecule has 4 N–H and O–H groups in total. The van der Waals surface area contributed by atoms with Crippen LogP contribution < -0.4 is 10.6 Å². The van der Waals surface area contributed by atoms with E-state index in [9.17, 15) is 24.3 Å². The third kappa shape index (κ3) is 6.39. The zero-order valence-corrected chi connectivity index (χ0v) is 24.7. The molecule has 2 aliphatic rings. The summed E-state index contributed by atoms with van der Waals surface area (Å²) in [6.45, 7) is 5.24. The zero-order valence-electron chi connectivity index (χ0n) is 23.1. The number of piperidine rings is 1. The lowest BCUT2D eigenvalue weighted by atomic mass is 9.86. The minimum atomic E-state index is -1.12. The predicted molar refractivity (Wildman–Crippen MR) is 155 cm³/mol. The maximum Gasteiger partial charge on any atom is 0.304 e. The predicted octanol–water partition coefficient (Wildman–Crippen LogP) is 2.90. The van der Waals surface area contributed by atoms with Crippen LogP contribution in [0.4, 0.5) is 0 Å². The van der Waals surface area contributed by atoms with Gasteiger partial charge in [-0.3, -0.25) is 19.2 Å². The van der Waals surface area contributed by atoms with Gasteiger partial charge in [0.25, 0.3) is 11.8 Å². The van der Waals surface area contributed by atoms with E-state index in [1.54, 1.807) is 43.0 Å². The Bertz CT molecular complexity index is 1520. The Balaban J connectivity index is 1.36. The number of likely N-dealkylation sites (N-methyl/N-ethyl adjacent to an activating group) is 1. The first kappa shape index (κ1) is 29.0. The van der Waals surface area contributed by atoms with Gasteiger partial charge in [0, 0.05) is 53.4 Å². The van der Waals surface area contributed by atoms with E-state index in [1.165, 1.54) is 11.3 Å². The first-order valence-corrected chi connectivity index (χ1v) is 14.7. The number of aliphatic carboxylic acids is 1. The van der Waals surface area contributed by atoms with E-state index in [-0.39, 0.29) is 30.7 Å². The first-order valence-electron chi connectivity index (χ1n) is 13.5. The number of benzene rings is 1. The number of nitrogens with zero attached hydrogens (tertiary/aromatic N) is 3. The van der Waals surface area contributed by atoms with E-state index < -0.39 is 23.5 Å². The quantitative estimate of drug-likeness (QED) is 0.326. The van der Waals surface area contributed by atoms with Gasteiger partial charge in [-0.15, -0.1) is 11.3 Å². The number of fused-ring (bicyclic) bond motifs is 2. The molecule has 3 aromatic rings. The molecule has 4 heterocycles. The fraction of sp³-hybridized carbons (Fsp3) is 0.464. The van der Waals surface area contributed by atoms with Gasteiger partial charge in [-0.2, -0.15) is 0 Å². The molecule has 3 amide bonds. The molecule has 13 heteroatoms. The average Bonchev–Trinajstić information content (AvgIpc) is 3.52. The molecule has 0 aliphatic carbocycles. The van der Waals surface area contributed by atoms with E-state index in [0.717, 1.165) is 41.0 Å². The average molecular weight is 601 g/mol. The van der Waals surface area contributed by atoms with Crippen molar-refractivity contribution < 1.29 is 24.3 Å². The van der Waals surface area contributed by atoms with E-state index >= 15 is 0 Å². The van der Waals surface area contributed by atoms with Crippen molar-refractivity contribution in [1.29, 1.82) is 0 Å². The van der Waals surface area contributed by atoms with Crippen molar-refractivity contribution in [1.82, 2.24) is 30.4 Å². The fourth-order valence-corrected chi connectivity index (χ4v) is 6.73. The molecule has 41 heavy (non-hydrogen) atoms. The number of rotatable bonds is 7. The second-order valence-corrected chi connectivity index (χ2v) is 13.0. The second-order valence-electron chi connectivity index (χ2n) is 11.4. The van der Waals surface area contributed by atoms with Gasteiger partial charge in [0.05, 0.1) is 29.6 Å². The summed E-state index contributed by atoms with van der Waals surface area (Å²) in [6, 6.07) is 5.92. The number of nitrogens with one attached hydrogen (secondary N) is 3. The molecule has 0 bridgehead atoms. The van der Waals surface area contributed by atoms with Crippen molar-refractivity contribution in [3.05, 3.63) is 50.6 Å². The highest BCUT2D eigenvalue weighted by Crippen LogP contribution is 2.28. The van der Waals surface area contributed by atoms with Crippen LogP contribution in [0.1, 0.15) is 57.6 Å². The van der Waals surface area contributed by atoms with Crippen molar-refractivity contribution in [2.24, 2.45) is 5.41 Å². The Morgan fingerprint density at radius 3 is 2.66 bits per heavy atom. The van der Waals surface area contributed by atoms with E-state index in [4.69, 9.17) is 11.6 Å². The SMILES string of the molecule is CN1CCc2nc(C(=O)N[C@@H]3CN(C(=O)C(C)(C)CC(=O)O)CC[C@@H]3NC(=O)c3cc4cc(Cl)ccc4[nH]3)sc2C1. The number of H-pyrrole nitrogens is 1. The number of aromatic nitrogens is 2. The summed E-state index contributed by atoms with van der Waals surface area (Å²) in [5.74, 6) is -2.09. The standard InChI is InChI=1S/C28H33ClN6O5S/c1-28(2,12-23(36)37)27(40)35-9-7-18(31-24(38)20-11-15-10-16(29)4-5-17(15)30-20)21(13-35)32-25(39)26-33-19-6-8-34(3)14-22(19)41-26/h4-5,10-11,18,21,30H,6-9,12-14H2,1-3H3,(H,31,38)(H,32,39)(H,36,37)/t18-,21+/m0/s1.